The molecule has 0 aromatic carbocycles. The molecule has 1 unspecified atom stereocenters. The van der Waals surface area contributed by atoms with Gasteiger partial charge >= 0.3 is 0 Å². The van der Waals surface area contributed by atoms with E-state index in [4.69, 9.17) is 0 Å². The Morgan fingerprint density at radius 1 is 1.32 bits per heavy atom. The van der Waals surface area contributed by atoms with Gasteiger partial charge in [0, 0.05) is 19.5 Å². The Kier molecular flexibility index (Phi) is 4.28. The van der Waals surface area contributed by atoms with Crippen molar-refractivity contribution in [2.75, 3.05) is 14.1 Å². The van der Waals surface area contributed by atoms with Crippen LogP contribution in [0.2, 0.25) is 0 Å². The summed E-state index contributed by atoms with van der Waals surface area (Å²) in [6.45, 7) is 7.52. The maximum Gasteiger partial charge on any atom is 0.291 e. The van der Waals surface area contributed by atoms with Gasteiger partial charge in [-0.2, -0.15) is 0 Å². The summed E-state index contributed by atoms with van der Waals surface area (Å²) in [7, 11) is 3.27. The third-order valence-electron chi connectivity index (χ3n) is 2.56. The van der Waals surface area contributed by atoms with Gasteiger partial charge < -0.3 is 10.2 Å². The van der Waals surface area contributed by atoms with Gasteiger partial charge in [0.2, 0.25) is 11.7 Å². The molecule has 1 aromatic heterocycles. The molecule has 0 fully saturated rings. The highest BCUT2D eigenvalue weighted by Crippen LogP contribution is 2.17. The number of amides is 2. The first-order valence-corrected chi connectivity index (χ1v) is 6.08. The van der Waals surface area contributed by atoms with Crippen LogP contribution < -0.4 is 5.32 Å². The SMILES string of the molecule is CC(NC(=O)c1n[nH]c(C(C)(C)C)n1)C(=O)N(C)C. The van der Waals surface area contributed by atoms with Gasteiger partial charge in [-0.05, 0) is 6.92 Å². The molecule has 0 saturated heterocycles. The van der Waals surface area contributed by atoms with Crippen LogP contribution >= 0.6 is 0 Å². The predicted molar refractivity (Wildman–Crippen MR) is 70.7 cm³/mol. The first kappa shape index (κ1) is 15.1. The van der Waals surface area contributed by atoms with Crippen molar-refractivity contribution < 1.29 is 9.59 Å². The fourth-order valence-electron chi connectivity index (χ4n) is 1.41. The number of nitrogens with zero attached hydrogens (tertiary/aromatic N) is 3. The zero-order chi connectivity index (χ0) is 14.8. The lowest BCUT2D eigenvalue weighted by atomic mass is 9.96. The normalized spacial score (nSPS) is 12.9. The standard InChI is InChI=1S/C12H21N5O2/c1-7(10(19)17(5)6)13-9(18)8-14-11(16-15-8)12(2,3)4/h7H,1-6H3,(H,13,18)(H,14,15,16). The minimum atomic E-state index is -0.612. The van der Waals surface area contributed by atoms with Crippen LogP contribution in [0, 0.1) is 0 Å². The van der Waals surface area contributed by atoms with Crippen LogP contribution in [-0.4, -0.2) is 52.0 Å². The first-order chi connectivity index (χ1) is 8.62. The van der Waals surface area contributed by atoms with Crippen molar-refractivity contribution in [1.29, 1.82) is 0 Å². The van der Waals surface area contributed by atoms with E-state index in [2.05, 4.69) is 20.5 Å². The van der Waals surface area contributed by atoms with Gasteiger partial charge in [-0.25, -0.2) is 4.98 Å². The average Bonchev–Trinajstić information content (AvgIpc) is 2.76. The molecule has 1 heterocycles. The molecule has 1 rings (SSSR count). The van der Waals surface area contributed by atoms with Gasteiger partial charge in [0.25, 0.3) is 5.91 Å². The molecule has 19 heavy (non-hydrogen) atoms. The van der Waals surface area contributed by atoms with E-state index in [0.29, 0.717) is 5.82 Å². The number of carbonyl (C=O) groups is 2. The number of nitrogens with one attached hydrogen (secondary N) is 2. The van der Waals surface area contributed by atoms with E-state index >= 15 is 0 Å². The van der Waals surface area contributed by atoms with Crippen LogP contribution in [0.1, 0.15) is 44.1 Å². The molecular weight excluding hydrogens is 246 g/mol. The van der Waals surface area contributed by atoms with Crippen molar-refractivity contribution in [2.24, 2.45) is 0 Å². The van der Waals surface area contributed by atoms with Gasteiger partial charge in [0.05, 0.1) is 0 Å². The van der Waals surface area contributed by atoms with Gasteiger partial charge in [-0.3, -0.25) is 14.7 Å². The number of hydrogen-bond acceptors (Lipinski definition) is 4. The van der Waals surface area contributed by atoms with Crippen molar-refractivity contribution in [1.82, 2.24) is 25.4 Å². The van der Waals surface area contributed by atoms with E-state index in [1.165, 1.54) is 4.90 Å². The van der Waals surface area contributed by atoms with Crippen molar-refractivity contribution in [2.45, 2.75) is 39.2 Å². The van der Waals surface area contributed by atoms with Gasteiger partial charge in [0.15, 0.2) is 0 Å². The highest BCUT2D eigenvalue weighted by molar-refractivity contribution is 5.94. The monoisotopic (exact) mass is 267 g/mol. The number of carbonyl (C=O) groups excluding carboxylic acids is 2. The van der Waals surface area contributed by atoms with Gasteiger partial charge in [0.1, 0.15) is 11.9 Å². The lowest BCUT2D eigenvalue weighted by molar-refractivity contribution is -0.130. The highest BCUT2D eigenvalue weighted by atomic mass is 16.2. The van der Waals surface area contributed by atoms with E-state index < -0.39 is 11.9 Å². The minimum Gasteiger partial charge on any atom is -0.347 e. The quantitative estimate of drug-likeness (QED) is 0.824. The number of hydrogen-bond donors (Lipinski definition) is 2. The topological polar surface area (TPSA) is 91.0 Å². The third-order valence-corrected chi connectivity index (χ3v) is 2.56. The van der Waals surface area contributed by atoms with E-state index in [0.717, 1.165) is 0 Å². The summed E-state index contributed by atoms with van der Waals surface area (Å²) in [6.07, 6.45) is 0. The Bertz CT molecular complexity index is 473. The number of aromatic nitrogens is 3. The molecule has 0 aliphatic heterocycles. The lowest BCUT2D eigenvalue weighted by Gasteiger charge is -2.17. The van der Waals surface area contributed by atoms with Crippen LogP contribution in [0.4, 0.5) is 0 Å². The number of aromatic amines is 1. The molecule has 2 amide bonds. The van der Waals surface area contributed by atoms with E-state index in [9.17, 15) is 9.59 Å². The molecule has 7 heteroatoms. The second kappa shape index (κ2) is 5.38. The average molecular weight is 267 g/mol. The van der Waals surface area contributed by atoms with Crippen LogP contribution in [0.25, 0.3) is 0 Å². The molecule has 0 radical (unpaired) electrons. The molecule has 2 N–H and O–H groups in total. The van der Waals surface area contributed by atoms with Crippen molar-refractivity contribution >= 4 is 11.8 Å². The van der Waals surface area contributed by atoms with Crippen molar-refractivity contribution in [3.8, 4) is 0 Å². The van der Waals surface area contributed by atoms with Crippen LogP contribution in [0.15, 0.2) is 0 Å². The molecule has 0 saturated carbocycles. The van der Waals surface area contributed by atoms with Gasteiger partial charge in [-0.15, -0.1) is 5.10 Å². The maximum absolute atomic E-state index is 11.9. The molecule has 0 spiro atoms. The lowest BCUT2D eigenvalue weighted by Crippen LogP contribution is -2.44. The predicted octanol–water partition coefficient (Wildman–Crippen LogP) is 0.309. The molecule has 1 aromatic rings. The summed E-state index contributed by atoms with van der Waals surface area (Å²) < 4.78 is 0. The number of H-pyrrole nitrogens is 1. The minimum absolute atomic E-state index is 0.0448. The summed E-state index contributed by atoms with van der Waals surface area (Å²) in [5.74, 6) is 0.0296. The second-order valence-electron chi connectivity index (χ2n) is 5.69. The summed E-state index contributed by atoms with van der Waals surface area (Å²) in [4.78, 5) is 29.1. The Hall–Kier alpha value is -1.92. The summed E-state index contributed by atoms with van der Waals surface area (Å²) in [5, 5.41) is 9.17. The molecule has 0 aliphatic rings. The third kappa shape index (κ3) is 3.77. The van der Waals surface area contributed by atoms with E-state index in [-0.39, 0.29) is 17.1 Å². The smallest absolute Gasteiger partial charge is 0.291 e. The largest absolute Gasteiger partial charge is 0.347 e. The molecule has 106 valence electrons. The van der Waals surface area contributed by atoms with Gasteiger partial charge in [-0.1, -0.05) is 20.8 Å². The molecule has 7 nitrogen and oxygen atoms in total. The zero-order valence-electron chi connectivity index (χ0n) is 12.2. The summed E-state index contributed by atoms with van der Waals surface area (Å²) in [5.41, 5.74) is -0.212. The fraction of sp³-hybridized carbons (Fsp3) is 0.667. The highest BCUT2D eigenvalue weighted by Gasteiger charge is 2.23. The van der Waals surface area contributed by atoms with Crippen LogP contribution in [-0.2, 0) is 10.2 Å². The van der Waals surface area contributed by atoms with E-state index in [1.807, 2.05) is 20.8 Å². The van der Waals surface area contributed by atoms with Crippen molar-refractivity contribution in [3.05, 3.63) is 11.6 Å². The van der Waals surface area contributed by atoms with E-state index in [1.54, 1.807) is 21.0 Å². The van der Waals surface area contributed by atoms with Crippen LogP contribution in [0.5, 0.6) is 0 Å². The first-order valence-electron chi connectivity index (χ1n) is 6.08. The zero-order valence-corrected chi connectivity index (χ0v) is 12.2. The number of rotatable bonds is 3. The second-order valence-corrected chi connectivity index (χ2v) is 5.69. The van der Waals surface area contributed by atoms with Crippen molar-refractivity contribution in [3.63, 3.8) is 0 Å². The Morgan fingerprint density at radius 3 is 2.32 bits per heavy atom. The molecular formula is C12H21N5O2. The Morgan fingerprint density at radius 2 is 1.89 bits per heavy atom. The summed E-state index contributed by atoms with van der Waals surface area (Å²) in [6, 6.07) is -0.612. The summed E-state index contributed by atoms with van der Waals surface area (Å²) >= 11 is 0. The molecule has 1 atom stereocenters. The maximum atomic E-state index is 11.9. The molecule has 0 bridgehead atoms. The number of likely N-dealkylation sites (N-methyl/N-ethyl adjacent to an activating group) is 1. The molecule has 0 aliphatic carbocycles. The Balaban J connectivity index is 2.74. The van der Waals surface area contributed by atoms with Crippen LogP contribution in [0.3, 0.4) is 0 Å². The fourth-order valence-corrected chi connectivity index (χ4v) is 1.41. The Labute approximate surface area is 112 Å².